The first-order valence-electron chi connectivity index (χ1n) is 4.31. The summed E-state index contributed by atoms with van der Waals surface area (Å²) in [6.45, 7) is 0. The smallest absolute Gasteiger partial charge is 0.00370 e. The summed E-state index contributed by atoms with van der Waals surface area (Å²) in [6, 6.07) is 0. The molecular formula is C10H15Br. The van der Waals surface area contributed by atoms with Gasteiger partial charge in [0, 0.05) is 5.33 Å². The molecule has 1 atom stereocenters. The van der Waals surface area contributed by atoms with Crippen LogP contribution in [-0.4, -0.2) is 5.33 Å². The lowest BCUT2D eigenvalue weighted by Crippen LogP contribution is -1.96. The van der Waals surface area contributed by atoms with Crippen LogP contribution in [0.3, 0.4) is 0 Å². The number of alkyl halides is 1. The predicted octanol–water partition coefficient (Wildman–Crippen LogP) is 3.68. The highest BCUT2D eigenvalue weighted by Crippen LogP contribution is 2.15. The van der Waals surface area contributed by atoms with E-state index in [-0.39, 0.29) is 0 Å². The summed E-state index contributed by atoms with van der Waals surface area (Å²) in [7, 11) is 0. The van der Waals surface area contributed by atoms with Crippen molar-refractivity contribution >= 4 is 15.9 Å². The van der Waals surface area contributed by atoms with Crippen molar-refractivity contribution in [2.24, 2.45) is 5.92 Å². The van der Waals surface area contributed by atoms with Gasteiger partial charge >= 0.3 is 0 Å². The molecule has 0 nitrogen and oxygen atoms in total. The Morgan fingerprint density at radius 3 is 2.82 bits per heavy atom. The first-order chi connectivity index (χ1) is 5.43. The lowest BCUT2D eigenvalue weighted by Gasteiger charge is -2.09. The van der Waals surface area contributed by atoms with Crippen LogP contribution in [0.1, 0.15) is 25.7 Å². The van der Waals surface area contributed by atoms with E-state index < -0.39 is 0 Å². The summed E-state index contributed by atoms with van der Waals surface area (Å²) in [5, 5.41) is 1.12. The average molecular weight is 215 g/mol. The standard InChI is InChI=1S/C10H15Br/c11-9-8-10-6-4-2-1-3-5-7-10/h2,4-5,7,10H,1,3,6,8-9H2/b4-2-,7-5-. The summed E-state index contributed by atoms with van der Waals surface area (Å²) in [4.78, 5) is 0. The third kappa shape index (κ3) is 3.76. The average Bonchev–Trinajstić information content (AvgIpc) is 1.94. The van der Waals surface area contributed by atoms with Crippen molar-refractivity contribution < 1.29 is 0 Å². The van der Waals surface area contributed by atoms with Crippen LogP contribution in [0.4, 0.5) is 0 Å². The predicted molar refractivity (Wildman–Crippen MR) is 54.0 cm³/mol. The summed E-state index contributed by atoms with van der Waals surface area (Å²) in [6.07, 6.45) is 14.2. The summed E-state index contributed by atoms with van der Waals surface area (Å²) >= 11 is 3.47. The molecule has 0 aliphatic heterocycles. The molecular weight excluding hydrogens is 200 g/mol. The van der Waals surface area contributed by atoms with Gasteiger partial charge in [-0.25, -0.2) is 0 Å². The molecule has 0 aromatic rings. The van der Waals surface area contributed by atoms with Crippen LogP contribution in [0.5, 0.6) is 0 Å². The molecule has 0 aromatic carbocycles. The second kappa shape index (κ2) is 5.59. The van der Waals surface area contributed by atoms with Gasteiger partial charge in [-0.2, -0.15) is 0 Å². The van der Waals surface area contributed by atoms with Gasteiger partial charge in [0.1, 0.15) is 0 Å². The highest BCUT2D eigenvalue weighted by atomic mass is 79.9. The third-order valence-corrected chi connectivity index (χ3v) is 2.45. The van der Waals surface area contributed by atoms with E-state index in [1.165, 1.54) is 25.7 Å². The fraction of sp³-hybridized carbons (Fsp3) is 0.600. The van der Waals surface area contributed by atoms with E-state index in [0.717, 1.165) is 11.2 Å². The molecule has 1 heteroatoms. The van der Waals surface area contributed by atoms with Crippen LogP contribution < -0.4 is 0 Å². The van der Waals surface area contributed by atoms with Gasteiger partial charge in [-0.05, 0) is 31.6 Å². The number of hydrogen-bond donors (Lipinski definition) is 0. The molecule has 1 aliphatic carbocycles. The first-order valence-corrected chi connectivity index (χ1v) is 5.43. The maximum Gasteiger partial charge on any atom is 0.00370 e. The fourth-order valence-corrected chi connectivity index (χ4v) is 1.89. The molecule has 1 unspecified atom stereocenters. The Hall–Kier alpha value is -0.0400. The van der Waals surface area contributed by atoms with E-state index in [9.17, 15) is 0 Å². The Balaban J connectivity index is 2.36. The molecule has 11 heavy (non-hydrogen) atoms. The van der Waals surface area contributed by atoms with Crippen molar-refractivity contribution in [2.45, 2.75) is 25.7 Å². The largest absolute Gasteiger partial charge is 0.0928 e. The minimum absolute atomic E-state index is 0.769. The van der Waals surface area contributed by atoms with E-state index in [1.807, 2.05) is 0 Å². The first kappa shape index (κ1) is 9.05. The Bertz CT molecular complexity index is 147. The van der Waals surface area contributed by atoms with E-state index in [1.54, 1.807) is 0 Å². The molecule has 0 amide bonds. The van der Waals surface area contributed by atoms with E-state index in [2.05, 4.69) is 40.2 Å². The zero-order valence-electron chi connectivity index (χ0n) is 6.80. The van der Waals surface area contributed by atoms with Gasteiger partial charge in [0.05, 0.1) is 0 Å². The number of rotatable bonds is 2. The molecule has 0 saturated heterocycles. The Morgan fingerprint density at radius 2 is 2.00 bits per heavy atom. The molecule has 0 spiro atoms. The fourth-order valence-electron chi connectivity index (χ4n) is 1.30. The number of allylic oxidation sites excluding steroid dienone is 4. The molecule has 0 fully saturated rings. The van der Waals surface area contributed by atoms with Crippen molar-refractivity contribution in [3.05, 3.63) is 24.3 Å². The van der Waals surface area contributed by atoms with Crippen molar-refractivity contribution in [1.29, 1.82) is 0 Å². The maximum atomic E-state index is 3.47. The van der Waals surface area contributed by atoms with Gasteiger partial charge < -0.3 is 0 Å². The van der Waals surface area contributed by atoms with Crippen molar-refractivity contribution in [3.63, 3.8) is 0 Å². The van der Waals surface area contributed by atoms with Gasteiger partial charge in [0.25, 0.3) is 0 Å². The summed E-state index contributed by atoms with van der Waals surface area (Å²) < 4.78 is 0. The summed E-state index contributed by atoms with van der Waals surface area (Å²) in [5.41, 5.74) is 0. The lowest BCUT2D eigenvalue weighted by molar-refractivity contribution is 0.638. The summed E-state index contributed by atoms with van der Waals surface area (Å²) in [5.74, 6) is 0.769. The number of halogens is 1. The van der Waals surface area contributed by atoms with Crippen LogP contribution in [0.2, 0.25) is 0 Å². The van der Waals surface area contributed by atoms with Gasteiger partial charge in [-0.3, -0.25) is 0 Å². The molecule has 0 bridgehead atoms. The Kier molecular flexibility index (Phi) is 4.60. The second-order valence-corrected chi connectivity index (χ2v) is 3.74. The highest BCUT2D eigenvalue weighted by molar-refractivity contribution is 9.09. The third-order valence-electron chi connectivity index (χ3n) is 1.99. The Labute approximate surface area is 77.5 Å². The van der Waals surface area contributed by atoms with Crippen LogP contribution in [-0.2, 0) is 0 Å². The van der Waals surface area contributed by atoms with Crippen molar-refractivity contribution in [3.8, 4) is 0 Å². The SMILES string of the molecule is BrCCC1/C=C\CC/C=C\C1. The molecule has 1 rings (SSSR count). The van der Waals surface area contributed by atoms with Crippen LogP contribution in [0.15, 0.2) is 24.3 Å². The molecule has 0 aromatic heterocycles. The molecule has 0 radical (unpaired) electrons. The highest BCUT2D eigenvalue weighted by Gasteiger charge is 2.01. The topological polar surface area (TPSA) is 0 Å². The van der Waals surface area contributed by atoms with Crippen molar-refractivity contribution in [1.82, 2.24) is 0 Å². The van der Waals surface area contributed by atoms with Crippen LogP contribution in [0.25, 0.3) is 0 Å². The van der Waals surface area contributed by atoms with Gasteiger partial charge in [0.2, 0.25) is 0 Å². The minimum atomic E-state index is 0.769. The number of hydrogen-bond acceptors (Lipinski definition) is 0. The van der Waals surface area contributed by atoms with Crippen LogP contribution >= 0.6 is 15.9 Å². The van der Waals surface area contributed by atoms with Gasteiger partial charge in [0.15, 0.2) is 0 Å². The second-order valence-electron chi connectivity index (χ2n) is 2.95. The molecule has 1 aliphatic rings. The molecule has 62 valence electrons. The molecule has 0 heterocycles. The molecule has 0 saturated carbocycles. The molecule has 0 N–H and O–H groups in total. The van der Waals surface area contributed by atoms with E-state index in [4.69, 9.17) is 0 Å². The van der Waals surface area contributed by atoms with Crippen LogP contribution in [0, 0.1) is 5.92 Å². The van der Waals surface area contributed by atoms with Crippen molar-refractivity contribution in [2.75, 3.05) is 5.33 Å². The quantitative estimate of drug-likeness (QED) is 0.486. The van der Waals surface area contributed by atoms with E-state index in [0.29, 0.717) is 0 Å². The van der Waals surface area contributed by atoms with Gasteiger partial charge in [-0.15, -0.1) is 0 Å². The monoisotopic (exact) mass is 214 g/mol. The minimum Gasteiger partial charge on any atom is -0.0928 e. The maximum absolute atomic E-state index is 3.47. The van der Waals surface area contributed by atoms with E-state index >= 15 is 0 Å². The van der Waals surface area contributed by atoms with Gasteiger partial charge in [-0.1, -0.05) is 40.2 Å². The zero-order chi connectivity index (χ0) is 7.94. The Morgan fingerprint density at radius 1 is 1.18 bits per heavy atom. The zero-order valence-corrected chi connectivity index (χ0v) is 8.39. The lowest BCUT2D eigenvalue weighted by atomic mass is 9.99. The normalized spacial score (nSPS) is 30.5.